The lowest BCUT2D eigenvalue weighted by atomic mass is 9.45. The van der Waals surface area contributed by atoms with Gasteiger partial charge in [-0.25, -0.2) is 0 Å². The lowest BCUT2D eigenvalue weighted by Crippen LogP contribution is -2.61. The molecule has 4 heteroatoms. The van der Waals surface area contributed by atoms with Crippen LogP contribution in [-0.2, 0) is 21.7 Å². The van der Waals surface area contributed by atoms with Crippen molar-refractivity contribution in [2.24, 2.45) is 0 Å². The predicted molar refractivity (Wildman–Crippen MR) is 288 cm³/mol. The van der Waals surface area contributed by atoms with Crippen LogP contribution in [0.5, 0.6) is 0 Å². The van der Waals surface area contributed by atoms with Crippen molar-refractivity contribution in [2.75, 3.05) is 9.71 Å². The number of nitrogens with zero attached hydrogens (tertiary/aromatic N) is 2. The van der Waals surface area contributed by atoms with Crippen molar-refractivity contribution < 1.29 is 4.42 Å². The summed E-state index contributed by atoms with van der Waals surface area (Å²) >= 11 is 0. The molecule has 9 aromatic rings. The quantitative estimate of drug-likeness (QED) is 0.165. The minimum atomic E-state index is -0.284. The average Bonchev–Trinajstić information content (AvgIpc) is 3.90. The van der Waals surface area contributed by atoms with Crippen molar-refractivity contribution in [2.45, 2.75) is 90.9 Å². The fraction of sp³-hybridized carbons (Fsp3) is 0.219. The summed E-state index contributed by atoms with van der Waals surface area (Å²) in [5, 5.41) is 1.10. The second-order valence-corrected chi connectivity index (χ2v) is 23.0. The first-order chi connectivity index (χ1) is 32.5. The third kappa shape index (κ3) is 5.61. The van der Waals surface area contributed by atoms with E-state index in [-0.39, 0.29) is 28.5 Å². The maximum atomic E-state index is 7.54. The minimum Gasteiger partial charge on any atom is -0.466 e. The molecule has 2 aliphatic carbocycles. The summed E-state index contributed by atoms with van der Waals surface area (Å²) in [6.07, 6.45) is 0. The molecule has 0 amide bonds. The Labute approximate surface area is 402 Å². The van der Waals surface area contributed by atoms with Crippen LogP contribution in [0.25, 0.3) is 55.5 Å². The van der Waals surface area contributed by atoms with E-state index in [0.29, 0.717) is 0 Å². The van der Waals surface area contributed by atoms with E-state index in [4.69, 9.17) is 4.42 Å². The molecule has 13 rings (SSSR count). The normalized spacial score (nSPS) is 15.6. The van der Waals surface area contributed by atoms with Gasteiger partial charge in [0.2, 0.25) is 0 Å². The third-order valence-electron chi connectivity index (χ3n) is 16.1. The Kier molecular flexibility index (Phi) is 8.35. The van der Waals surface area contributed by atoms with Crippen LogP contribution in [-0.4, -0.2) is 6.85 Å². The molecule has 0 bridgehead atoms. The Morgan fingerprint density at radius 1 is 0.471 bits per heavy atom. The van der Waals surface area contributed by atoms with Crippen molar-refractivity contribution in [1.82, 2.24) is 0 Å². The lowest BCUT2D eigenvalue weighted by Gasteiger charge is -2.45. The Balaban J connectivity index is 1.20. The van der Waals surface area contributed by atoms with E-state index in [9.17, 15) is 0 Å². The largest absolute Gasteiger partial charge is 0.466 e. The summed E-state index contributed by atoms with van der Waals surface area (Å²) in [4.78, 5) is 5.20. The molecule has 0 unspecified atom stereocenters. The van der Waals surface area contributed by atoms with Gasteiger partial charge in [0.1, 0.15) is 11.2 Å². The van der Waals surface area contributed by atoms with Crippen molar-refractivity contribution in [3.8, 4) is 44.5 Å². The Hall–Kier alpha value is -7.04. The number of benzene rings is 8. The Morgan fingerprint density at radius 2 is 1.04 bits per heavy atom. The standard InChI is InChI=1S/C64H57BN2O/c1-61(2,3)40-25-29-42(30-26-40)66-54-37-47-45-21-15-17-23-51(45)64(9,10)57(47)56-48-35-52-46(44-20-14-16-22-50(44)63(52,7)8)36-53(48)67(43-31-27-41(28-32-43)62(4,5)6)65(58(54)56)60-59(66)49-34-39(24-33-55(49)68-60)38-18-12-11-13-19-38/h11-37H,1-10H3. The predicted octanol–water partition coefficient (Wildman–Crippen LogP) is 16.0. The van der Waals surface area contributed by atoms with Crippen LogP contribution in [0.4, 0.5) is 28.4 Å². The molecule has 8 aromatic carbocycles. The first-order valence-corrected chi connectivity index (χ1v) is 24.5. The van der Waals surface area contributed by atoms with Crippen LogP contribution >= 0.6 is 0 Å². The molecular weight excluding hydrogens is 824 g/mol. The van der Waals surface area contributed by atoms with E-state index >= 15 is 0 Å². The van der Waals surface area contributed by atoms with Crippen LogP contribution in [0.1, 0.15) is 103 Å². The molecule has 3 heterocycles. The highest BCUT2D eigenvalue weighted by Crippen LogP contribution is 2.60. The molecule has 0 radical (unpaired) electrons. The molecule has 0 atom stereocenters. The first-order valence-electron chi connectivity index (χ1n) is 24.5. The van der Waals surface area contributed by atoms with Crippen LogP contribution in [0, 0.1) is 0 Å². The van der Waals surface area contributed by atoms with Crippen molar-refractivity contribution >= 4 is 57.4 Å². The number of anilines is 5. The summed E-state index contributed by atoms with van der Waals surface area (Å²) in [6, 6.07) is 62.2. The summed E-state index contributed by atoms with van der Waals surface area (Å²) in [5.74, 6) is 0. The molecule has 3 nitrogen and oxygen atoms in total. The minimum absolute atomic E-state index is 0.00556. The van der Waals surface area contributed by atoms with Gasteiger partial charge in [0.15, 0.2) is 0 Å². The van der Waals surface area contributed by atoms with Gasteiger partial charge < -0.3 is 14.1 Å². The summed E-state index contributed by atoms with van der Waals surface area (Å²) in [6.45, 7) is 23.2. The molecular formula is C64H57BN2O. The SMILES string of the molecule is CC(C)(C)c1ccc(N2B3c4oc5ccc(-c6ccccc6)cc5c4N(c4ccc(C(C)(C)C)cc4)c4cc5c(c(c43)-c3cc4c(cc32)-c2ccccc2C4(C)C)C(C)(C)c2ccccc2-5)cc1. The second-order valence-electron chi connectivity index (χ2n) is 23.0. The second kappa shape index (κ2) is 13.8. The van der Waals surface area contributed by atoms with E-state index in [1.807, 2.05) is 0 Å². The van der Waals surface area contributed by atoms with Gasteiger partial charge in [-0.2, -0.15) is 0 Å². The maximum Gasteiger partial charge on any atom is 0.375 e. The topological polar surface area (TPSA) is 19.6 Å². The number of furan rings is 1. The molecule has 332 valence electrons. The van der Waals surface area contributed by atoms with E-state index < -0.39 is 0 Å². The van der Waals surface area contributed by atoms with Crippen LogP contribution in [0.3, 0.4) is 0 Å². The average molecular weight is 881 g/mol. The van der Waals surface area contributed by atoms with E-state index in [1.165, 1.54) is 94.7 Å². The zero-order valence-corrected chi connectivity index (χ0v) is 41.0. The first kappa shape index (κ1) is 41.2. The summed E-state index contributed by atoms with van der Waals surface area (Å²) in [5.41, 5.74) is 26.8. The summed E-state index contributed by atoms with van der Waals surface area (Å²) < 4.78 is 7.54. The molecule has 4 aliphatic rings. The number of hydrogen-bond donors (Lipinski definition) is 0. The van der Waals surface area contributed by atoms with Crippen LogP contribution < -0.4 is 20.8 Å². The number of fused-ring (bicyclic) bond motifs is 13. The fourth-order valence-electron chi connectivity index (χ4n) is 12.6. The van der Waals surface area contributed by atoms with Crippen LogP contribution in [0.2, 0.25) is 0 Å². The zero-order valence-electron chi connectivity index (χ0n) is 41.0. The van der Waals surface area contributed by atoms with Gasteiger partial charge >= 0.3 is 6.85 Å². The van der Waals surface area contributed by atoms with Gasteiger partial charge in [-0.3, -0.25) is 0 Å². The van der Waals surface area contributed by atoms with Crippen LogP contribution in [0.15, 0.2) is 168 Å². The highest BCUT2D eigenvalue weighted by molar-refractivity contribution is 6.93. The van der Waals surface area contributed by atoms with Gasteiger partial charge in [0.05, 0.1) is 5.69 Å². The van der Waals surface area contributed by atoms with Gasteiger partial charge in [0, 0.05) is 44.5 Å². The Morgan fingerprint density at radius 3 is 1.69 bits per heavy atom. The van der Waals surface area contributed by atoms with Gasteiger partial charge in [0.25, 0.3) is 0 Å². The highest BCUT2D eigenvalue weighted by Gasteiger charge is 2.53. The molecule has 0 spiro atoms. The van der Waals surface area contributed by atoms with Crippen molar-refractivity contribution in [3.05, 3.63) is 197 Å². The van der Waals surface area contributed by atoms with Gasteiger partial charge in [-0.15, -0.1) is 0 Å². The zero-order chi connectivity index (χ0) is 46.8. The maximum absolute atomic E-state index is 7.54. The third-order valence-corrected chi connectivity index (χ3v) is 16.1. The molecule has 1 aromatic heterocycles. The summed E-state index contributed by atoms with van der Waals surface area (Å²) in [7, 11) is 0. The van der Waals surface area contributed by atoms with E-state index in [1.54, 1.807) is 0 Å². The molecule has 0 saturated heterocycles. The highest BCUT2D eigenvalue weighted by atomic mass is 16.3. The van der Waals surface area contributed by atoms with Crippen molar-refractivity contribution in [1.29, 1.82) is 0 Å². The number of rotatable bonds is 3. The van der Waals surface area contributed by atoms with E-state index in [2.05, 4.69) is 243 Å². The molecule has 68 heavy (non-hydrogen) atoms. The van der Waals surface area contributed by atoms with Crippen molar-refractivity contribution in [3.63, 3.8) is 0 Å². The smallest absolute Gasteiger partial charge is 0.375 e. The van der Waals surface area contributed by atoms with E-state index in [0.717, 1.165) is 33.7 Å². The fourth-order valence-corrected chi connectivity index (χ4v) is 12.6. The monoisotopic (exact) mass is 880 g/mol. The molecule has 2 aliphatic heterocycles. The lowest BCUT2D eigenvalue weighted by molar-refractivity contribution is 0.590. The molecule has 0 N–H and O–H groups in total. The molecule has 0 saturated carbocycles. The molecule has 0 fully saturated rings. The number of hydrogen-bond acceptors (Lipinski definition) is 3. The Bertz CT molecular complexity index is 3580. The van der Waals surface area contributed by atoms with Gasteiger partial charge in [-0.1, -0.05) is 178 Å². The van der Waals surface area contributed by atoms with Gasteiger partial charge in [-0.05, 0) is 143 Å².